The van der Waals surface area contributed by atoms with Crippen LogP contribution in [0.3, 0.4) is 0 Å². The van der Waals surface area contributed by atoms with Crippen molar-refractivity contribution in [3.8, 4) is 17.6 Å². The first-order valence-electron chi connectivity index (χ1n) is 10.9. The summed E-state index contributed by atoms with van der Waals surface area (Å²) in [7, 11) is 0. The lowest BCUT2D eigenvalue weighted by atomic mass is 9.87. The van der Waals surface area contributed by atoms with E-state index in [1.165, 1.54) is 0 Å². The third-order valence-electron chi connectivity index (χ3n) is 4.85. The number of benzene rings is 2. The van der Waals surface area contributed by atoms with Gasteiger partial charge >= 0.3 is 5.97 Å². The summed E-state index contributed by atoms with van der Waals surface area (Å²) in [6.45, 7) is 9.80. The molecule has 2 rings (SSSR count). The van der Waals surface area contributed by atoms with Gasteiger partial charge in [0.15, 0.2) is 0 Å². The summed E-state index contributed by atoms with van der Waals surface area (Å²) in [5, 5.41) is 9.73. The number of nitriles is 1. The predicted molar refractivity (Wildman–Crippen MR) is 128 cm³/mol. The van der Waals surface area contributed by atoms with Gasteiger partial charge in [-0.05, 0) is 42.2 Å². The van der Waals surface area contributed by atoms with Crippen molar-refractivity contribution in [1.29, 1.82) is 5.26 Å². The normalized spacial score (nSPS) is 13.4. The smallest absolute Gasteiger partial charge is 0.315 e. The van der Waals surface area contributed by atoms with Gasteiger partial charge in [-0.2, -0.15) is 5.26 Å². The van der Waals surface area contributed by atoms with Crippen LogP contribution in [0.5, 0.6) is 11.5 Å². The number of para-hydroxylation sites is 1. The molecule has 0 saturated heterocycles. The van der Waals surface area contributed by atoms with Crippen molar-refractivity contribution in [3.63, 3.8) is 0 Å². The molecule has 166 valence electrons. The lowest BCUT2D eigenvalue weighted by Gasteiger charge is -2.22. The van der Waals surface area contributed by atoms with Crippen molar-refractivity contribution >= 4 is 5.97 Å². The summed E-state index contributed by atoms with van der Waals surface area (Å²) in [6, 6.07) is 18.5. The maximum absolute atomic E-state index is 13.1. The number of ether oxygens (including phenoxy) is 2. The third kappa shape index (κ3) is 7.28. The molecule has 0 aliphatic heterocycles. The molecule has 2 aromatic carbocycles. The van der Waals surface area contributed by atoms with Crippen LogP contribution in [-0.2, 0) is 9.53 Å². The van der Waals surface area contributed by atoms with E-state index in [4.69, 9.17) is 9.47 Å². The van der Waals surface area contributed by atoms with Crippen LogP contribution in [0.1, 0.15) is 45.3 Å². The number of esters is 1. The van der Waals surface area contributed by atoms with E-state index >= 15 is 0 Å². The van der Waals surface area contributed by atoms with Gasteiger partial charge in [-0.3, -0.25) is 4.79 Å². The minimum Gasteiger partial charge on any atom is -0.457 e. The SMILES string of the molecule is C=C/C=C(\C=C/CCC)C(C(=O)OC(C#N)c1cccc(Oc2ccccc2)c1)C(C)C. The predicted octanol–water partition coefficient (Wildman–Crippen LogP) is 7.33. The molecule has 0 heterocycles. The van der Waals surface area contributed by atoms with Crippen LogP contribution in [-0.4, -0.2) is 5.97 Å². The van der Waals surface area contributed by atoms with Crippen molar-refractivity contribution in [2.45, 2.75) is 39.7 Å². The largest absolute Gasteiger partial charge is 0.457 e. The molecule has 0 radical (unpaired) electrons. The second-order valence-electron chi connectivity index (χ2n) is 7.75. The van der Waals surface area contributed by atoms with E-state index in [-0.39, 0.29) is 5.92 Å². The van der Waals surface area contributed by atoms with E-state index < -0.39 is 18.0 Å². The molecule has 2 atom stereocenters. The van der Waals surface area contributed by atoms with E-state index in [0.717, 1.165) is 18.4 Å². The Morgan fingerprint density at radius 1 is 1.12 bits per heavy atom. The Labute approximate surface area is 191 Å². The van der Waals surface area contributed by atoms with E-state index in [1.54, 1.807) is 30.3 Å². The highest BCUT2D eigenvalue weighted by Gasteiger charge is 2.29. The lowest BCUT2D eigenvalue weighted by Crippen LogP contribution is -2.25. The molecule has 0 aliphatic carbocycles. The topological polar surface area (TPSA) is 59.3 Å². The Bertz CT molecular complexity index is 983. The van der Waals surface area contributed by atoms with Gasteiger partial charge in [-0.25, -0.2) is 0 Å². The van der Waals surface area contributed by atoms with Crippen molar-refractivity contribution in [2.75, 3.05) is 0 Å². The summed E-state index contributed by atoms with van der Waals surface area (Å²) in [6.07, 6.45) is 8.40. The molecule has 0 saturated carbocycles. The summed E-state index contributed by atoms with van der Waals surface area (Å²) in [5.74, 6) is 0.316. The molecule has 0 spiro atoms. The number of unbranched alkanes of at least 4 members (excludes halogenated alkanes) is 1. The van der Waals surface area contributed by atoms with Crippen LogP contribution >= 0.6 is 0 Å². The van der Waals surface area contributed by atoms with Gasteiger partial charge in [0, 0.05) is 5.56 Å². The molecule has 0 N–H and O–H groups in total. The number of hydrogen-bond donors (Lipinski definition) is 0. The number of carbonyl (C=O) groups is 1. The lowest BCUT2D eigenvalue weighted by molar-refractivity contribution is -0.151. The molecular formula is C28H31NO3. The highest BCUT2D eigenvalue weighted by Crippen LogP contribution is 2.29. The van der Waals surface area contributed by atoms with Crippen molar-refractivity contribution in [1.82, 2.24) is 0 Å². The van der Waals surface area contributed by atoms with Crippen molar-refractivity contribution < 1.29 is 14.3 Å². The molecule has 0 fully saturated rings. The number of rotatable bonds is 11. The average molecular weight is 430 g/mol. The van der Waals surface area contributed by atoms with Crippen LogP contribution in [0.4, 0.5) is 0 Å². The molecule has 0 bridgehead atoms. The second-order valence-corrected chi connectivity index (χ2v) is 7.75. The Hall–Kier alpha value is -3.58. The van der Waals surface area contributed by atoms with Crippen LogP contribution in [0.2, 0.25) is 0 Å². The third-order valence-corrected chi connectivity index (χ3v) is 4.85. The van der Waals surface area contributed by atoms with Crippen LogP contribution in [0.15, 0.2) is 91.1 Å². The number of carbonyl (C=O) groups excluding carboxylic acids is 1. The molecule has 32 heavy (non-hydrogen) atoms. The van der Waals surface area contributed by atoms with Gasteiger partial charge in [0.05, 0.1) is 5.92 Å². The van der Waals surface area contributed by atoms with Crippen LogP contribution < -0.4 is 4.74 Å². The molecule has 2 unspecified atom stereocenters. The molecule has 4 heteroatoms. The van der Waals surface area contributed by atoms with Crippen molar-refractivity contribution in [3.05, 3.63) is 96.6 Å². The quantitative estimate of drug-likeness (QED) is 0.277. The average Bonchev–Trinajstić information content (AvgIpc) is 2.78. The van der Waals surface area contributed by atoms with Gasteiger partial charge in [0.2, 0.25) is 6.10 Å². The first-order valence-corrected chi connectivity index (χ1v) is 10.9. The van der Waals surface area contributed by atoms with Gasteiger partial charge < -0.3 is 9.47 Å². The van der Waals surface area contributed by atoms with E-state index in [1.807, 2.05) is 62.4 Å². The Morgan fingerprint density at radius 2 is 1.84 bits per heavy atom. The maximum Gasteiger partial charge on any atom is 0.315 e. The number of nitrogens with zero attached hydrogens (tertiary/aromatic N) is 1. The molecule has 0 amide bonds. The number of hydrogen-bond acceptors (Lipinski definition) is 4. The van der Waals surface area contributed by atoms with Crippen LogP contribution in [0, 0.1) is 23.2 Å². The van der Waals surface area contributed by atoms with Gasteiger partial charge in [0.25, 0.3) is 0 Å². The van der Waals surface area contributed by atoms with E-state index in [9.17, 15) is 10.1 Å². The highest BCUT2D eigenvalue weighted by molar-refractivity contribution is 5.77. The zero-order chi connectivity index (χ0) is 23.3. The molecule has 2 aromatic rings. The minimum absolute atomic E-state index is 0.00734. The van der Waals surface area contributed by atoms with E-state index in [2.05, 4.69) is 19.6 Å². The van der Waals surface area contributed by atoms with Gasteiger partial charge in [-0.15, -0.1) is 0 Å². The Balaban J connectivity index is 2.23. The minimum atomic E-state index is -1.03. The van der Waals surface area contributed by atoms with E-state index in [0.29, 0.717) is 17.1 Å². The monoisotopic (exact) mass is 429 g/mol. The van der Waals surface area contributed by atoms with Crippen molar-refractivity contribution in [2.24, 2.45) is 11.8 Å². The van der Waals surface area contributed by atoms with Gasteiger partial charge in [-0.1, -0.05) is 88.4 Å². The summed E-state index contributed by atoms with van der Waals surface area (Å²) < 4.78 is 11.5. The number of allylic oxidation sites excluding steroid dienone is 4. The Kier molecular flexibility index (Phi) is 10.0. The summed E-state index contributed by atoms with van der Waals surface area (Å²) in [4.78, 5) is 13.1. The zero-order valence-corrected chi connectivity index (χ0v) is 19.0. The Morgan fingerprint density at radius 3 is 2.47 bits per heavy atom. The zero-order valence-electron chi connectivity index (χ0n) is 19.0. The molecule has 0 aliphatic rings. The van der Waals surface area contributed by atoms with Gasteiger partial charge in [0.1, 0.15) is 17.6 Å². The highest BCUT2D eigenvalue weighted by atomic mass is 16.5. The fourth-order valence-electron chi connectivity index (χ4n) is 3.30. The standard InChI is InChI=1S/C28H31NO3/c1-5-7-9-14-22(13-6-2)27(21(3)4)28(30)32-26(20-29)23-15-12-18-25(19-23)31-24-16-10-8-11-17-24/h6,8-19,21,26-27H,2,5,7H2,1,3-4H3/b14-9-,22-13+. The molecular weight excluding hydrogens is 398 g/mol. The fourth-order valence-corrected chi connectivity index (χ4v) is 3.30. The molecule has 4 nitrogen and oxygen atoms in total. The summed E-state index contributed by atoms with van der Waals surface area (Å²) in [5.41, 5.74) is 1.39. The summed E-state index contributed by atoms with van der Waals surface area (Å²) >= 11 is 0. The molecule has 0 aromatic heterocycles. The second kappa shape index (κ2) is 13.0. The first kappa shape index (κ1) is 24.7. The fraction of sp³-hybridized carbons (Fsp3) is 0.286. The van der Waals surface area contributed by atoms with Crippen LogP contribution in [0.25, 0.3) is 0 Å². The first-order chi connectivity index (χ1) is 15.5. The maximum atomic E-state index is 13.1.